The number of carbonyl (C=O) groups excluding carboxylic acids is 1. The van der Waals surface area contributed by atoms with Crippen molar-refractivity contribution < 1.29 is 68.7 Å². The molecule has 11 nitrogen and oxygen atoms in total. The van der Waals surface area contributed by atoms with Crippen molar-refractivity contribution in [1.82, 2.24) is 0 Å². The second kappa shape index (κ2) is 12.2. The molecule has 2 rings (SSSR count). The van der Waals surface area contributed by atoms with E-state index < -0.39 is 45.3 Å². The number of amides is 1. The minimum Gasteiger partial charge on any atom is -0.326 e. The summed E-state index contributed by atoms with van der Waals surface area (Å²) in [6, 6.07) is 7.12. The molecular formula is C21H26N2NaO9S3+. The average molecular weight is 570 g/mol. The van der Waals surface area contributed by atoms with Crippen molar-refractivity contribution in [2.45, 2.75) is 42.7 Å². The summed E-state index contributed by atoms with van der Waals surface area (Å²) in [5.74, 6) is -0.754. The molecule has 0 aliphatic heterocycles. The van der Waals surface area contributed by atoms with E-state index >= 15 is 0 Å². The summed E-state index contributed by atoms with van der Waals surface area (Å²) in [5, 5.41) is 1.71. The molecule has 15 heteroatoms. The van der Waals surface area contributed by atoms with Crippen LogP contribution in [0, 0.1) is 5.92 Å². The molecule has 0 radical (unpaired) electrons. The molecule has 0 saturated carbocycles. The zero-order valence-corrected chi connectivity index (χ0v) is 24.7. The predicted molar refractivity (Wildman–Crippen MR) is 133 cm³/mol. The van der Waals surface area contributed by atoms with Gasteiger partial charge in [0, 0.05) is 17.3 Å². The number of hydrogen-bond donors (Lipinski definition) is 4. The summed E-state index contributed by atoms with van der Waals surface area (Å²) in [6.45, 7) is 6.13. The summed E-state index contributed by atoms with van der Waals surface area (Å²) < 4.78 is 93.3. The van der Waals surface area contributed by atoms with Gasteiger partial charge in [-0.25, -0.2) is 8.42 Å². The van der Waals surface area contributed by atoms with Crippen molar-refractivity contribution in [2.24, 2.45) is 5.92 Å². The normalized spacial score (nSPS) is 12.6. The van der Waals surface area contributed by atoms with E-state index in [1.165, 1.54) is 50.3 Å². The van der Waals surface area contributed by atoms with E-state index in [4.69, 9.17) is 0 Å². The monoisotopic (exact) mass is 569 g/mol. The van der Waals surface area contributed by atoms with E-state index in [2.05, 4.69) is 10.0 Å². The van der Waals surface area contributed by atoms with Gasteiger partial charge in [0.15, 0.2) is 0 Å². The summed E-state index contributed by atoms with van der Waals surface area (Å²) >= 11 is 0. The third kappa shape index (κ3) is 8.66. The summed E-state index contributed by atoms with van der Waals surface area (Å²) in [4.78, 5) is 10.7. The largest absolute Gasteiger partial charge is 1.00 e. The Morgan fingerprint density at radius 3 is 1.58 bits per heavy atom. The van der Waals surface area contributed by atoms with E-state index in [-0.39, 0.29) is 63.9 Å². The van der Waals surface area contributed by atoms with Crippen molar-refractivity contribution in [3.05, 3.63) is 47.5 Å². The van der Waals surface area contributed by atoms with Crippen LogP contribution in [0.4, 0.5) is 11.4 Å². The Hall–Kier alpha value is -1.78. The van der Waals surface area contributed by atoms with E-state index in [1.54, 1.807) is 13.8 Å². The van der Waals surface area contributed by atoms with Crippen LogP contribution >= 0.6 is 0 Å². The van der Waals surface area contributed by atoms with Gasteiger partial charge in [-0.15, -0.1) is 0 Å². The molecule has 2 aromatic carbocycles. The number of benzene rings is 2. The van der Waals surface area contributed by atoms with Crippen molar-refractivity contribution in [1.29, 1.82) is 0 Å². The molecule has 0 aliphatic carbocycles. The minimum atomic E-state index is -4.80. The molecule has 192 valence electrons. The van der Waals surface area contributed by atoms with Gasteiger partial charge in [-0.05, 0) is 49.2 Å². The van der Waals surface area contributed by atoms with Crippen LogP contribution in [-0.4, -0.2) is 45.5 Å². The first-order chi connectivity index (χ1) is 15.9. The van der Waals surface area contributed by atoms with Crippen LogP contribution in [-0.2, 0) is 35.1 Å². The second-order valence-electron chi connectivity index (χ2n) is 8.13. The van der Waals surface area contributed by atoms with Gasteiger partial charge in [-0.2, -0.15) is 16.8 Å². The molecule has 0 unspecified atom stereocenters. The van der Waals surface area contributed by atoms with Crippen molar-refractivity contribution in [3.63, 3.8) is 0 Å². The molecule has 1 amide bonds. The zero-order chi connectivity index (χ0) is 26.8. The molecule has 0 spiro atoms. The van der Waals surface area contributed by atoms with Gasteiger partial charge in [0.05, 0.1) is 5.25 Å². The topological polar surface area (TPSA) is 184 Å². The Balaban J connectivity index is 0.00000648. The molecule has 0 aromatic heterocycles. The van der Waals surface area contributed by atoms with Crippen LogP contribution in [0.15, 0.2) is 46.2 Å². The van der Waals surface area contributed by atoms with Crippen LogP contribution in [0.3, 0.4) is 0 Å². The number of sulfonamides is 1. The standard InChI is InChI=1S/C21H26N2O9S3.Na/c1-13(2)21(24)22-17-9-7-15(19(11-17)34(27,28)29)5-6-16-8-10-18(12-20(16)35(30,31)32)23-33(25,26)14(3)4;/h5-14,23H,1-4H3,(H,22,24)(H,27,28,29)(H,30,31,32);/q;+1/b6-5+;. The SMILES string of the molecule is CC(C)C(=O)Nc1ccc(/C=C/c2ccc(NS(=O)(=O)C(C)C)cc2S(=O)(=O)O)c(S(=O)(=O)O)c1.[Na+]. The smallest absolute Gasteiger partial charge is 0.326 e. The minimum absolute atomic E-state index is 0. The first-order valence-electron chi connectivity index (χ1n) is 10.2. The zero-order valence-electron chi connectivity index (χ0n) is 20.3. The van der Waals surface area contributed by atoms with Crippen LogP contribution in [0.2, 0.25) is 0 Å². The van der Waals surface area contributed by atoms with Gasteiger partial charge in [-0.3, -0.25) is 18.6 Å². The Kier molecular flexibility index (Phi) is 10.9. The average Bonchev–Trinajstić information content (AvgIpc) is 2.71. The maximum absolute atomic E-state index is 12.1. The summed E-state index contributed by atoms with van der Waals surface area (Å²) in [6.07, 6.45) is 2.35. The molecule has 36 heavy (non-hydrogen) atoms. The fourth-order valence-electron chi connectivity index (χ4n) is 2.68. The predicted octanol–water partition coefficient (Wildman–Crippen LogP) is 0.0990. The van der Waals surface area contributed by atoms with E-state index in [0.29, 0.717) is 0 Å². The number of carbonyl (C=O) groups is 1. The molecular weight excluding hydrogens is 543 g/mol. The number of rotatable bonds is 9. The van der Waals surface area contributed by atoms with Crippen LogP contribution in [0.25, 0.3) is 12.2 Å². The number of nitrogens with one attached hydrogen (secondary N) is 2. The van der Waals surface area contributed by atoms with Crippen molar-refractivity contribution >= 4 is 59.7 Å². The second-order valence-corrected chi connectivity index (χ2v) is 13.1. The van der Waals surface area contributed by atoms with Gasteiger partial charge in [0.2, 0.25) is 15.9 Å². The van der Waals surface area contributed by atoms with Gasteiger partial charge in [-0.1, -0.05) is 38.1 Å². The van der Waals surface area contributed by atoms with Gasteiger partial charge in [0.1, 0.15) is 9.79 Å². The molecule has 0 fully saturated rings. The van der Waals surface area contributed by atoms with Gasteiger partial charge < -0.3 is 5.32 Å². The fourth-order valence-corrected chi connectivity index (χ4v) is 4.79. The van der Waals surface area contributed by atoms with Gasteiger partial charge in [0.25, 0.3) is 20.2 Å². The fraction of sp³-hybridized carbons (Fsp3) is 0.286. The number of anilines is 2. The van der Waals surface area contributed by atoms with Gasteiger partial charge >= 0.3 is 29.6 Å². The van der Waals surface area contributed by atoms with Crippen LogP contribution in [0.1, 0.15) is 38.8 Å². The molecule has 0 atom stereocenters. The molecule has 2 aromatic rings. The molecule has 0 heterocycles. The maximum atomic E-state index is 12.1. The summed E-state index contributed by atoms with van der Waals surface area (Å²) in [7, 11) is -13.3. The Labute approximate surface area is 233 Å². The number of hydrogen-bond acceptors (Lipinski definition) is 7. The van der Waals surface area contributed by atoms with E-state index in [9.17, 15) is 39.2 Å². The summed E-state index contributed by atoms with van der Waals surface area (Å²) in [5.41, 5.74) is -0.111. The van der Waals surface area contributed by atoms with Crippen molar-refractivity contribution in [3.8, 4) is 0 Å². The first-order valence-corrected chi connectivity index (χ1v) is 14.6. The van der Waals surface area contributed by atoms with E-state index in [1.807, 2.05) is 0 Å². The third-order valence-electron chi connectivity index (χ3n) is 4.70. The quantitative estimate of drug-likeness (QED) is 0.185. The third-order valence-corrected chi connectivity index (χ3v) is 8.28. The molecule has 4 N–H and O–H groups in total. The first kappa shape index (κ1) is 32.2. The molecule has 0 saturated heterocycles. The molecule has 0 bridgehead atoms. The Morgan fingerprint density at radius 1 is 0.778 bits per heavy atom. The maximum Gasteiger partial charge on any atom is 1.00 e. The molecule has 0 aliphatic rings. The van der Waals surface area contributed by atoms with Crippen molar-refractivity contribution in [2.75, 3.05) is 10.0 Å². The van der Waals surface area contributed by atoms with E-state index in [0.717, 1.165) is 12.1 Å². The van der Waals surface area contributed by atoms with Crippen LogP contribution in [0.5, 0.6) is 0 Å². The Bertz CT molecular complexity index is 1480. The Morgan fingerprint density at radius 2 is 1.19 bits per heavy atom. The van der Waals surface area contributed by atoms with Crippen LogP contribution < -0.4 is 39.6 Å².